The van der Waals surface area contributed by atoms with Crippen molar-refractivity contribution in [3.05, 3.63) is 128 Å². The highest BCUT2D eigenvalue weighted by Gasteiger charge is 2.20. The number of rotatable bonds is 4. The lowest BCUT2D eigenvalue weighted by Gasteiger charge is -2.10. The number of aromatic nitrogens is 2. The third-order valence-electron chi connectivity index (χ3n) is 6.97. The van der Waals surface area contributed by atoms with Crippen LogP contribution in [-0.2, 0) is 0 Å². The number of hydrogen-bond acceptors (Lipinski definition) is 4. The fourth-order valence-corrected chi connectivity index (χ4v) is 5.79. The molecule has 2 aromatic heterocycles. The van der Waals surface area contributed by atoms with Gasteiger partial charge in [0.15, 0.2) is 0 Å². The van der Waals surface area contributed by atoms with Crippen molar-refractivity contribution in [2.24, 2.45) is 0 Å². The van der Waals surface area contributed by atoms with Crippen LogP contribution in [0.2, 0.25) is 20.1 Å². The van der Waals surface area contributed by atoms with E-state index >= 15 is 0 Å². The molecule has 0 aliphatic heterocycles. The van der Waals surface area contributed by atoms with Crippen molar-refractivity contribution in [1.29, 1.82) is 0 Å². The van der Waals surface area contributed by atoms with E-state index in [0.29, 0.717) is 42.2 Å². The molecule has 0 atom stereocenters. The van der Waals surface area contributed by atoms with E-state index in [2.05, 4.69) is 0 Å². The molecule has 7 aromatic rings. The molecule has 206 valence electrons. The first-order valence-corrected chi connectivity index (χ1v) is 14.1. The maximum absolute atomic E-state index is 13.4. The molecule has 42 heavy (non-hydrogen) atoms. The van der Waals surface area contributed by atoms with Crippen LogP contribution in [-0.4, -0.2) is 21.4 Å². The standard InChI is InChI=1S/C32H16Cl4N2O4/c33-19-4-8-27-23(13-19)24-14-20(34)5-9-28(24)37(27)41-31(39)17-2-1-3-18(12-17)32(40)42-38-29-10-6-21(35)15-25(29)26-16-22(36)7-11-30(26)38/h1-16H. The van der Waals surface area contributed by atoms with Gasteiger partial charge in [0.1, 0.15) is 0 Å². The van der Waals surface area contributed by atoms with Gasteiger partial charge >= 0.3 is 11.9 Å². The second-order valence-corrected chi connectivity index (χ2v) is 11.3. The molecule has 0 amide bonds. The summed E-state index contributed by atoms with van der Waals surface area (Å²) in [6, 6.07) is 27.2. The highest BCUT2D eigenvalue weighted by Crippen LogP contribution is 2.34. The van der Waals surface area contributed by atoms with Crippen LogP contribution in [0.4, 0.5) is 0 Å². The number of halogens is 4. The maximum Gasteiger partial charge on any atom is 0.363 e. The SMILES string of the molecule is O=C(On1c2ccc(Cl)cc2c2cc(Cl)ccc21)c1cccc(C(=O)On2c3ccc(Cl)cc3c3cc(Cl)ccc32)c1. The average Bonchev–Trinajstić information content (AvgIpc) is 3.43. The van der Waals surface area contributed by atoms with Crippen molar-refractivity contribution in [3.63, 3.8) is 0 Å². The summed E-state index contributed by atoms with van der Waals surface area (Å²) in [6.45, 7) is 0. The lowest BCUT2D eigenvalue weighted by atomic mass is 10.1. The van der Waals surface area contributed by atoms with Crippen LogP contribution >= 0.6 is 46.4 Å². The zero-order valence-electron chi connectivity index (χ0n) is 21.3. The Kier molecular flexibility index (Phi) is 6.52. The number of carbonyl (C=O) groups excluding carboxylic acids is 2. The molecule has 0 bridgehead atoms. The van der Waals surface area contributed by atoms with E-state index in [9.17, 15) is 9.59 Å². The van der Waals surface area contributed by atoms with Crippen LogP contribution in [0.15, 0.2) is 97.1 Å². The molecule has 2 heterocycles. The second kappa shape index (κ2) is 10.3. The molecule has 5 aromatic carbocycles. The van der Waals surface area contributed by atoms with E-state index < -0.39 is 11.9 Å². The van der Waals surface area contributed by atoms with Crippen LogP contribution in [0.1, 0.15) is 20.7 Å². The Labute approximate surface area is 258 Å². The number of nitrogens with zero attached hydrogens (tertiary/aromatic N) is 2. The highest BCUT2D eigenvalue weighted by molar-refractivity contribution is 6.34. The zero-order chi connectivity index (χ0) is 29.1. The van der Waals surface area contributed by atoms with E-state index in [-0.39, 0.29) is 11.1 Å². The average molecular weight is 634 g/mol. The van der Waals surface area contributed by atoms with Crippen molar-refractivity contribution >= 4 is 102 Å². The predicted molar refractivity (Wildman–Crippen MR) is 167 cm³/mol. The normalized spacial score (nSPS) is 11.5. The molecule has 0 fully saturated rings. The molecule has 0 radical (unpaired) electrons. The van der Waals surface area contributed by atoms with Crippen LogP contribution in [0.5, 0.6) is 0 Å². The van der Waals surface area contributed by atoms with Gasteiger partial charge in [-0.1, -0.05) is 52.5 Å². The summed E-state index contributed by atoms with van der Waals surface area (Å²) >= 11 is 25.0. The van der Waals surface area contributed by atoms with Crippen LogP contribution in [0.25, 0.3) is 43.6 Å². The van der Waals surface area contributed by atoms with Crippen LogP contribution in [0.3, 0.4) is 0 Å². The summed E-state index contributed by atoms with van der Waals surface area (Å²) in [5.41, 5.74) is 2.84. The van der Waals surface area contributed by atoms with Crippen LogP contribution < -0.4 is 9.68 Å². The summed E-state index contributed by atoms with van der Waals surface area (Å²) in [6.07, 6.45) is 0. The smallest absolute Gasteiger partial charge is 0.330 e. The van der Waals surface area contributed by atoms with Crippen molar-refractivity contribution in [1.82, 2.24) is 9.46 Å². The number of hydrogen-bond donors (Lipinski definition) is 0. The van der Waals surface area contributed by atoms with Crippen molar-refractivity contribution < 1.29 is 19.3 Å². The van der Waals surface area contributed by atoms with E-state index in [4.69, 9.17) is 56.1 Å². The van der Waals surface area contributed by atoms with Gasteiger partial charge in [-0.15, -0.1) is 0 Å². The molecule has 0 saturated carbocycles. The Hall–Kier alpha value is -4.20. The minimum absolute atomic E-state index is 0.156. The molecule has 0 aliphatic rings. The molecule has 0 unspecified atom stereocenters. The Morgan fingerprint density at radius 2 is 0.762 bits per heavy atom. The molecular formula is C32H16Cl4N2O4. The zero-order valence-corrected chi connectivity index (χ0v) is 24.3. The Morgan fingerprint density at radius 3 is 1.07 bits per heavy atom. The second-order valence-electron chi connectivity index (χ2n) is 9.57. The lowest BCUT2D eigenvalue weighted by molar-refractivity contribution is 0.0499. The monoisotopic (exact) mass is 632 g/mol. The third kappa shape index (κ3) is 4.53. The minimum Gasteiger partial charge on any atom is -0.330 e. The molecule has 0 spiro atoms. The molecule has 6 nitrogen and oxygen atoms in total. The highest BCUT2D eigenvalue weighted by atomic mass is 35.5. The quantitative estimate of drug-likeness (QED) is 0.194. The fraction of sp³-hybridized carbons (Fsp3) is 0. The van der Waals surface area contributed by atoms with Gasteiger partial charge in [0.25, 0.3) is 0 Å². The molecule has 0 N–H and O–H groups in total. The Morgan fingerprint density at radius 1 is 0.452 bits per heavy atom. The first-order valence-electron chi connectivity index (χ1n) is 12.6. The topological polar surface area (TPSA) is 62.5 Å². The van der Waals surface area contributed by atoms with E-state index in [1.807, 2.05) is 0 Å². The minimum atomic E-state index is -0.672. The molecule has 0 aliphatic carbocycles. The van der Waals surface area contributed by atoms with E-state index in [1.54, 1.807) is 91.0 Å². The van der Waals surface area contributed by atoms with Crippen molar-refractivity contribution in [2.45, 2.75) is 0 Å². The summed E-state index contributed by atoms with van der Waals surface area (Å²) in [5, 5.41) is 5.25. The van der Waals surface area contributed by atoms with Gasteiger partial charge in [0.2, 0.25) is 0 Å². The fourth-order valence-electron chi connectivity index (χ4n) is 5.10. The number of fused-ring (bicyclic) bond motifs is 6. The summed E-state index contributed by atoms with van der Waals surface area (Å²) in [7, 11) is 0. The van der Waals surface area contributed by atoms with E-state index in [1.165, 1.54) is 15.5 Å². The number of carbonyl (C=O) groups is 2. The molecule has 10 heteroatoms. The molecular weight excluding hydrogens is 618 g/mol. The van der Waals surface area contributed by atoms with Crippen molar-refractivity contribution in [2.75, 3.05) is 0 Å². The van der Waals surface area contributed by atoms with Crippen molar-refractivity contribution in [3.8, 4) is 0 Å². The van der Waals surface area contributed by atoms with Gasteiger partial charge in [-0.3, -0.25) is 0 Å². The Bertz CT molecular complexity index is 1980. The van der Waals surface area contributed by atoms with Gasteiger partial charge in [-0.25, -0.2) is 9.59 Å². The van der Waals surface area contributed by atoms with Gasteiger partial charge < -0.3 is 9.68 Å². The molecule has 0 saturated heterocycles. The number of benzene rings is 5. The summed E-state index contributed by atoms with van der Waals surface area (Å²) in [5.74, 6) is -1.34. The van der Waals surface area contributed by atoms with Gasteiger partial charge in [-0.2, -0.15) is 9.46 Å². The van der Waals surface area contributed by atoms with Gasteiger partial charge in [0, 0.05) is 41.6 Å². The summed E-state index contributed by atoms with van der Waals surface area (Å²) < 4.78 is 2.86. The summed E-state index contributed by atoms with van der Waals surface area (Å²) in [4.78, 5) is 38.4. The van der Waals surface area contributed by atoms with Crippen LogP contribution in [0, 0.1) is 0 Å². The maximum atomic E-state index is 13.4. The predicted octanol–water partition coefficient (Wildman–Crippen LogP) is 9.05. The first kappa shape index (κ1) is 26.7. The lowest BCUT2D eigenvalue weighted by Crippen LogP contribution is -2.22. The largest absolute Gasteiger partial charge is 0.363 e. The van der Waals surface area contributed by atoms with E-state index in [0.717, 1.165) is 21.5 Å². The van der Waals surface area contributed by atoms with Gasteiger partial charge in [0.05, 0.1) is 33.2 Å². The first-order chi connectivity index (χ1) is 20.3. The Balaban J connectivity index is 1.23. The van der Waals surface area contributed by atoms with Gasteiger partial charge in [-0.05, 0) is 91.0 Å². The molecule has 7 rings (SSSR count). The third-order valence-corrected chi connectivity index (χ3v) is 7.91.